The lowest BCUT2D eigenvalue weighted by Gasteiger charge is -2.33. The second-order valence-corrected chi connectivity index (χ2v) is 8.20. The number of aryl methyl sites for hydroxylation is 1. The minimum Gasteiger partial charge on any atom is -0.357 e. The van der Waals surface area contributed by atoms with Crippen LogP contribution < -0.4 is 10.6 Å². The molecule has 3 rings (SSSR count). The first kappa shape index (κ1) is 19.6. The molecule has 1 aliphatic heterocycles. The van der Waals surface area contributed by atoms with Gasteiger partial charge in [-0.3, -0.25) is 4.99 Å². The van der Waals surface area contributed by atoms with Gasteiger partial charge in [0.25, 0.3) is 0 Å². The average Bonchev–Trinajstić information content (AvgIpc) is 3.46. The fourth-order valence-electron chi connectivity index (χ4n) is 3.55. The van der Waals surface area contributed by atoms with Gasteiger partial charge in [-0.05, 0) is 63.1 Å². The molecule has 4 nitrogen and oxygen atoms in total. The third-order valence-corrected chi connectivity index (χ3v) is 5.66. The van der Waals surface area contributed by atoms with Crippen LogP contribution in [0, 0.1) is 5.82 Å². The summed E-state index contributed by atoms with van der Waals surface area (Å²) in [6, 6.07) is 6.64. The van der Waals surface area contributed by atoms with Crippen molar-refractivity contribution in [1.82, 2.24) is 15.5 Å². The van der Waals surface area contributed by atoms with Crippen molar-refractivity contribution < 1.29 is 4.39 Å². The van der Waals surface area contributed by atoms with E-state index >= 15 is 0 Å². The first-order valence-corrected chi connectivity index (χ1v) is 10.7. The molecule has 26 heavy (non-hydrogen) atoms. The number of nitrogens with one attached hydrogen (secondary N) is 2. The summed E-state index contributed by atoms with van der Waals surface area (Å²) in [7, 11) is 0. The molecule has 2 fully saturated rings. The quantitative estimate of drug-likeness (QED) is 0.398. The van der Waals surface area contributed by atoms with Crippen molar-refractivity contribution in [3.63, 3.8) is 0 Å². The SMILES string of the molecule is CCNC(=NCCCc1ccc(Br)cc1F)NC1CCN(C2CC2)CC1. The topological polar surface area (TPSA) is 39.7 Å². The van der Waals surface area contributed by atoms with E-state index in [1.54, 1.807) is 0 Å². The first-order chi connectivity index (χ1) is 12.7. The fraction of sp³-hybridized carbons (Fsp3) is 0.650. The Bertz CT molecular complexity index is 610. The molecule has 1 aliphatic carbocycles. The third kappa shape index (κ3) is 5.95. The van der Waals surface area contributed by atoms with Crippen LogP contribution >= 0.6 is 15.9 Å². The highest BCUT2D eigenvalue weighted by atomic mass is 79.9. The van der Waals surface area contributed by atoms with E-state index in [2.05, 4.69) is 43.4 Å². The summed E-state index contributed by atoms with van der Waals surface area (Å²) in [5, 5.41) is 6.92. The van der Waals surface area contributed by atoms with Crippen molar-refractivity contribution in [2.75, 3.05) is 26.2 Å². The average molecular weight is 425 g/mol. The zero-order valence-corrected chi connectivity index (χ0v) is 17.2. The minimum atomic E-state index is -0.143. The number of likely N-dealkylation sites (tertiary alicyclic amines) is 1. The first-order valence-electron chi connectivity index (χ1n) is 9.88. The number of piperidine rings is 1. The highest BCUT2D eigenvalue weighted by Crippen LogP contribution is 2.29. The lowest BCUT2D eigenvalue weighted by Crippen LogP contribution is -2.49. The molecule has 6 heteroatoms. The molecule has 1 aromatic carbocycles. The highest BCUT2D eigenvalue weighted by molar-refractivity contribution is 9.10. The third-order valence-electron chi connectivity index (χ3n) is 5.17. The Balaban J connectivity index is 1.43. The molecule has 1 saturated heterocycles. The van der Waals surface area contributed by atoms with Crippen molar-refractivity contribution in [3.05, 3.63) is 34.1 Å². The Morgan fingerprint density at radius 3 is 2.69 bits per heavy atom. The molecule has 0 unspecified atom stereocenters. The van der Waals surface area contributed by atoms with Gasteiger partial charge in [-0.2, -0.15) is 0 Å². The van der Waals surface area contributed by atoms with E-state index in [1.165, 1.54) is 44.8 Å². The minimum absolute atomic E-state index is 0.143. The van der Waals surface area contributed by atoms with E-state index < -0.39 is 0 Å². The predicted octanol–water partition coefficient (Wildman–Crippen LogP) is 3.70. The normalized spacial score (nSPS) is 19.6. The van der Waals surface area contributed by atoms with Gasteiger partial charge in [0.2, 0.25) is 0 Å². The second-order valence-electron chi connectivity index (χ2n) is 7.29. The van der Waals surface area contributed by atoms with E-state index in [4.69, 9.17) is 0 Å². The standard InChI is InChI=1S/C20H30BrFN4/c1-2-23-20(25-17-9-12-26(13-10-17)18-7-8-18)24-11-3-4-15-5-6-16(21)14-19(15)22/h5-6,14,17-18H,2-4,7-13H2,1H3,(H2,23,24,25). The van der Waals surface area contributed by atoms with Crippen LogP contribution in [0.4, 0.5) is 4.39 Å². The van der Waals surface area contributed by atoms with Gasteiger partial charge in [0.05, 0.1) is 0 Å². The molecule has 1 aromatic rings. The summed E-state index contributed by atoms with van der Waals surface area (Å²) >= 11 is 3.30. The molecule has 1 saturated carbocycles. The van der Waals surface area contributed by atoms with Crippen molar-refractivity contribution in [2.24, 2.45) is 4.99 Å². The zero-order chi connectivity index (χ0) is 18.4. The van der Waals surface area contributed by atoms with Crippen LogP contribution in [0.2, 0.25) is 0 Å². The molecule has 0 amide bonds. The smallest absolute Gasteiger partial charge is 0.191 e. The van der Waals surface area contributed by atoms with E-state index in [-0.39, 0.29) is 5.82 Å². The monoisotopic (exact) mass is 424 g/mol. The van der Waals surface area contributed by atoms with Crippen LogP contribution in [0.15, 0.2) is 27.7 Å². The van der Waals surface area contributed by atoms with Gasteiger partial charge in [0.15, 0.2) is 5.96 Å². The molecular formula is C20H30BrFN4. The van der Waals surface area contributed by atoms with E-state index in [0.717, 1.165) is 35.0 Å². The van der Waals surface area contributed by atoms with Gasteiger partial charge in [0, 0.05) is 42.7 Å². The number of hydrogen-bond donors (Lipinski definition) is 2. The zero-order valence-electron chi connectivity index (χ0n) is 15.6. The van der Waals surface area contributed by atoms with Crippen molar-refractivity contribution in [3.8, 4) is 0 Å². The summed E-state index contributed by atoms with van der Waals surface area (Å²) in [6.07, 6.45) is 6.70. The van der Waals surface area contributed by atoms with Crippen LogP contribution in [-0.4, -0.2) is 49.1 Å². The lowest BCUT2D eigenvalue weighted by molar-refractivity contribution is 0.197. The van der Waals surface area contributed by atoms with Crippen molar-refractivity contribution >= 4 is 21.9 Å². The Hall–Kier alpha value is -1.14. The number of guanidine groups is 1. The summed E-state index contributed by atoms with van der Waals surface area (Å²) < 4.78 is 14.6. The fourth-order valence-corrected chi connectivity index (χ4v) is 3.88. The molecule has 0 spiro atoms. The number of halogens is 2. The molecule has 0 radical (unpaired) electrons. The Kier molecular flexibility index (Phi) is 7.32. The lowest BCUT2D eigenvalue weighted by atomic mass is 10.1. The second kappa shape index (κ2) is 9.70. The maximum absolute atomic E-state index is 13.9. The highest BCUT2D eigenvalue weighted by Gasteiger charge is 2.31. The van der Waals surface area contributed by atoms with Gasteiger partial charge in [-0.1, -0.05) is 22.0 Å². The summed E-state index contributed by atoms with van der Waals surface area (Å²) in [4.78, 5) is 7.32. The van der Waals surface area contributed by atoms with Gasteiger partial charge < -0.3 is 15.5 Å². The van der Waals surface area contributed by atoms with Gasteiger partial charge >= 0.3 is 0 Å². The molecule has 2 N–H and O–H groups in total. The number of nitrogens with zero attached hydrogens (tertiary/aromatic N) is 2. The van der Waals surface area contributed by atoms with E-state index in [0.29, 0.717) is 19.0 Å². The molecule has 0 bridgehead atoms. The maximum atomic E-state index is 13.9. The number of benzene rings is 1. The maximum Gasteiger partial charge on any atom is 0.191 e. The van der Waals surface area contributed by atoms with Crippen LogP contribution in [0.25, 0.3) is 0 Å². The van der Waals surface area contributed by atoms with Crippen LogP contribution in [0.1, 0.15) is 44.6 Å². The molecule has 0 aromatic heterocycles. The van der Waals surface area contributed by atoms with Crippen LogP contribution in [0.3, 0.4) is 0 Å². The summed E-state index contributed by atoms with van der Waals surface area (Å²) in [5.41, 5.74) is 0.758. The van der Waals surface area contributed by atoms with E-state index in [9.17, 15) is 4.39 Å². The predicted molar refractivity (Wildman–Crippen MR) is 109 cm³/mol. The van der Waals surface area contributed by atoms with Gasteiger partial charge in [-0.15, -0.1) is 0 Å². The van der Waals surface area contributed by atoms with Gasteiger partial charge in [0.1, 0.15) is 5.82 Å². The van der Waals surface area contributed by atoms with E-state index in [1.807, 2.05) is 12.1 Å². The molecule has 0 atom stereocenters. The van der Waals surface area contributed by atoms with Crippen LogP contribution in [-0.2, 0) is 6.42 Å². The Labute approximate surface area is 164 Å². The molecule has 144 valence electrons. The van der Waals surface area contributed by atoms with Gasteiger partial charge in [-0.25, -0.2) is 4.39 Å². The van der Waals surface area contributed by atoms with Crippen LogP contribution in [0.5, 0.6) is 0 Å². The number of hydrogen-bond acceptors (Lipinski definition) is 2. The van der Waals surface area contributed by atoms with Crippen molar-refractivity contribution in [2.45, 2.75) is 57.5 Å². The molecule has 1 heterocycles. The summed E-state index contributed by atoms with van der Waals surface area (Å²) in [5.74, 6) is 0.754. The summed E-state index contributed by atoms with van der Waals surface area (Å²) in [6.45, 7) is 6.04. The number of rotatable bonds is 7. The largest absolute Gasteiger partial charge is 0.357 e. The van der Waals surface area contributed by atoms with Crippen molar-refractivity contribution in [1.29, 1.82) is 0 Å². The molecular weight excluding hydrogens is 395 g/mol. The Morgan fingerprint density at radius 1 is 1.27 bits per heavy atom. The molecule has 2 aliphatic rings. The number of aliphatic imine (C=N–C) groups is 1. The Morgan fingerprint density at radius 2 is 2.04 bits per heavy atom.